The van der Waals surface area contributed by atoms with Crippen molar-refractivity contribution in [1.82, 2.24) is 9.97 Å². The molecule has 180 valence electrons. The summed E-state index contributed by atoms with van der Waals surface area (Å²) in [6.45, 7) is 4.32. The molecule has 2 aromatic rings. The number of anilines is 2. The van der Waals surface area contributed by atoms with Gasteiger partial charge in [-0.2, -0.15) is 13.2 Å². The van der Waals surface area contributed by atoms with E-state index in [2.05, 4.69) is 15.3 Å². The van der Waals surface area contributed by atoms with Gasteiger partial charge in [0.15, 0.2) is 11.5 Å². The number of methoxy groups -OCH3 is 1. The molecule has 4 atom stereocenters. The first-order valence-electron chi connectivity index (χ1n) is 10.5. The predicted molar refractivity (Wildman–Crippen MR) is 114 cm³/mol. The number of hydrogen-bond donors (Lipinski definition) is 1. The van der Waals surface area contributed by atoms with Crippen LogP contribution in [0.3, 0.4) is 0 Å². The molecule has 4 rings (SSSR count). The summed E-state index contributed by atoms with van der Waals surface area (Å²) in [5.41, 5.74) is -0.116. The van der Waals surface area contributed by atoms with E-state index >= 15 is 0 Å². The van der Waals surface area contributed by atoms with Crippen molar-refractivity contribution in [2.24, 2.45) is 0 Å². The van der Waals surface area contributed by atoms with Crippen LogP contribution in [0.25, 0.3) is 0 Å². The van der Waals surface area contributed by atoms with Crippen molar-refractivity contribution in [1.29, 1.82) is 0 Å². The SMILES string of the molecule is COc1cccc(N(C)CC2OC[C@H](Nc3cncc(C(F)(F)F)n3)[C@H]3OC(C)(C)O[C@@H]23)c1. The molecule has 0 bridgehead atoms. The average molecular weight is 468 g/mol. The summed E-state index contributed by atoms with van der Waals surface area (Å²) >= 11 is 0. The molecule has 0 aliphatic carbocycles. The zero-order valence-corrected chi connectivity index (χ0v) is 18.8. The monoisotopic (exact) mass is 468 g/mol. The summed E-state index contributed by atoms with van der Waals surface area (Å²) in [5, 5.41) is 2.99. The Hall–Kier alpha value is -2.63. The van der Waals surface area contributed by atoms with Gasteiger partial charge in [0.2, 0.25) is 0 Å². The second-order valence-electron chi connectivity index (χ2n) is 8.56. The van der Waals surface area contributed by atoms with Crippen LogP contribution in [0, 0.1) is 0 Å². The summed E-state index contributed by atoms with van der Waals surface area (Å²) in [4.78, 5) is 9.33. The molecule has 1 N–H and O–H groups in total. The van der Waals surface area contributed by atoms with E-state index in [1.54, 1.807) is 21.0 Å². The first-order chi connectivity index (χ1) is 15.6. The van der Waals surface area contributed by atoms with Gasteiger partial charge in [-0.05, 0) is 26.0 Å². The molecule has 8 nitrogen and oxygen atoms in total. The molecule has 0 amide bonds. The highest BCUT2D eigenvalue weighted by atomic mass is 19.4. The van der Waals surface area contributed by atoms with Crippen LogP contribution in [0.4, 0.5) is 24.7 Å². The van der Waals surface area contributed by atoms with Crippen LogP contribution in [-0.2, 0) is 20.4 Å². The summed E-state index contributed by atoms with van der Waals surface area (Å²) in [6, 6.07) is 7.20. The fourth-order valence-corrected chi connectivity index (χ4v) is 4.10. The molecule has 0 radical (unpaired) electrons. The van der Waals surface area contributed by atoms with Crippen molar-refractivity contribution in [3.05, 3.63) is 42.4 Å². The Morgan fingerprint density at radius 2 is 1.97 bits per heavy atom. The summed E-state index contributed by atoms with van der Waals surface area (Å²) in [6.07, 6.45) is -3.85. The minimum Gasteiger partial charge on any atom is -0.497 e. The minimum atomic E-state index is -4.58. The maximum absolute atomic E-state index is 13.0. The molecule has 0 spiro atoms. The summed E-state index contributed by atoms with van der Waals surface area (Å²) in [7, 11) is 3.55. The second kappa shape index (κ2) is 8.96. The van der Waals surface area contributed by atoms with Gasteiger partial charge in [0, 0.05) is 25.3 Å². The smallest absolute Gasteiger partial charge is 0.434 e. The normalized spacial score (nSPS) is 26.5. The van der Waals surface area contributed by atoms with Crippen LogP contribution in [0.1, 0.15) is 19.5 Å². The highest BCUT2D eigenvalue weighted by molar-refractivity contribution is 5.50. The number of aromatic nitrogens is 2. The lowest BCUT2D eigenvalue weighted by atomic mass is 9.97. The number of hydrogen-bond acceptors (Lipinski definition) is 8. The molecular formula is C22H27F3N4O4. The second-order valence-corrected chi connectivity index (χ2v) is 8.56. The van der Waals surface area contributed by atoms with Crippen LogP contribution >= 0.6 is 0 Å². The van der Waals surface area contributed by atoms with Crippen LogP contribution < -0.4 is 15.0 Å². The molecule has 33 heavy (non-hydrogen) atoms. The summed E-state index contributed by atoms with van der Waals surface area (Å²) < 4.78 is 62.7. The lowest BCUT2D eigenvalue weighted by Gasteiger charge is -2.39. The van der Waals surface area contributed by atoms with E-state index in [4.69, 9.17) is 18.9 Å². The van der Waals surface area contributed by atoms with Gasteiger partial charge in [0.05, 0.1) is 32.2 Å². The Labute approximate surface area is 190 Å². The van der Waals surface area contributed by atoms with E-state index in [-0.39, 0.29) is 18.5 Å². The Bertz CT molecular complexity index is 975. The lowest BCUT2D eigenvalue weighted by Crippen LogP contribution is -2.57. The molecule has 1 unspecified atom stereocenters. The predicted octanol–water partition coefficient (Wildman–Crippen LogP) is 3.34. The number of fused-ring (bicyclic) bond motifs is 1. The van der Waals surface area contributed by atoms with Crippen molar-refractivity contribution in [3.63, 3.8) is 0 Å². The van der Waals surface area contributed by atoms with Crippen LogP contribution in [-0.4, -0.2) is 67.4 Å². The van der Waals surface area contributed by atoms with Gasteiger partial charge >= 0.3 is 6.18 Å². The standard InChI is InChI=1S/C22H27F3N4O4/c1-21(2)32-19-15(27-18-10-26-9-17(28-18)22(23,24)25)12-31-16(20(19)33-21)11-29(3)13-6-5-7-14(8-13)30-4/h5-10,15-16,19-20H,11-12H2,1-4H3,(H,27,28)/t15-,16?,19+,20-/m0/s1. The molecular weight excluding hydrogens is 441 g/mol. The number of nitrogens with one attached hydrogen (secondary N) is 1. The van der Waals surface area contributed by atoms with Gasteiger partial charge in [-0.15, -0.1) is 0 Å². The highest BCUT2D eigenvalue weighted by Gasteiger charge is 2.52. The van der Waals surface area contributed by atoms with E-state index in [0.717, 1.165) is 11.4 Å². The minimum absolute atomic E-state index is 0.00238. The number of alkyl halides is 3. The maximum Gasteiger partial charge on any atom is 0.434 e. The Balaban J connectivity index is 1.49. The zero-order valence-electron chi connectivity index (χ0n) is 18.8. The molecule has 1 aromatic heterocycles. The summed E-state index contributed by atoms with van der Waals surface area (Å²) in [5.74, 6) is -0.123. The van der Waals surface area contributed by atoms with Crippen molar-refractivity contribution in [3.8, 4) is 5.75 Å². The zero-order chi connectivity index (χ0) is 23.8. The quantitative estimate of drug-likeness (QED) is 0.692. The third-order valence-corrected chi connectivity index (χ3v) is 5.62. The van der Waals surface area contributed by atoms with Crippen molar-refractivity contribution in [2.45, 2.75) is 50.2 Å². The first-order valence-corrected chi connectivity index (χ1v) is 10.5. The maximum atomic E-state index is 13.0. The van der Waals surface area contributed by atoms with E-state index in [1.165, 1.54) is 6.20 Å². The molecule has 0 saturated carbocycles. The molecule has 2 saturated heterocycles. The molecule has 11 heteroatoms. The van der Waals surface area contributed by atoms with E-state index in [0.29, 0.717) is 12.7 Å². The van der Waals surface area contributed by atoms with Crippen LogP contribution in [0.15, 0.2) is 36.7 Å². The molecule has 1 aromatic carbocycles. The van der Waals surface area contributed by atoms with Crippen molar-refractivity contribution < 1.29 is 32.1 Å². The van der Waals surface area contributed by atoms with Gasteiger partial charge in [0.25, 0.3) is 0 Å². The van der Waals surface area contributed by atoms with Gasteiger partial charge in [-0.25, -0.2) is 4.98 Å². The Morgan fingerprint density at radius 1 is 1.21 bits per heavy atom. The van der Waals surface area contributed by atoms with Gasteiger partial charge in [0.1, 0.15) is 29.9 Å². The van der Waals surface area contributed by atoms with E-state index < -0.39 is 35.9 Å². The third kappa shape index (κ3) is 5.31. The molecule has 2 aliphatic rings. The molecule has 3 heterocycles. The van der Waals surface area contributed by atoms with Crippen molar-refractivity contribution in [2.75, 3.05) is 37.5 Å². The number of nitrogens with zero attached hydrogens (tertiary/aromatic N) is 3. The van der Waals surface area contributed by atoms with Gasteiger partial charge < -0.3 is 29.2 Å². The number of ether oxygens (including phenoxy) is 4. The highest BCUT2D eigenvalue weighted by Crippen LogP contribution is 2.37. The largest absolute Gasteiger partial charge is 0.497 e. The first kappa shape index (κ1) is 23.5. The van der Waals surface area contributed by atoms with Gasteiger partial charge in [-0.3, -0.25) is 4.98 Å². The van der Waals surface area contributed by atoms with Crippen LogP contribution in [0.5, 0.6) is 5.75 Å². The van der Waals surface area contributed by atoms with Crippen LogP contribution in [0.2, 0.25) is 0 Å². The van der Waals surface area contributed by atoms with E-state index in [1.807, 2.05) is 36.2 Å². The number of likely N-dealkylation sites (N-methyl/N-ethyl adjacent to an activating group) is 1. The fourth-order valence-electron chi connectivity index (χ4n) is 4.10. The molecule has 2 fully saturated rings. The fraction of sp³-hybridized carbons (Fsp3) is 0.545. The lowest BCUT2D eigenvalue weighted by molar-refractivity contribution is -0.152. The number of benzene rings is 1. The van der Waals surface area contributed by atoms with Gasteiger partial charge in [-0.1, -0.05) is 6.07 Å². The average Bonchev–Trinajstić information content (AvgIpc) is 3.11. The Morgan fingerprint density at radius 3 is 2.70 bits per heavy atom. The Kier molecular flexibility index (Phi) is 6.39. The third-order valence-electron chi connectivity index (χ3n) is 5.62. The van der Waals surface area contributed by atoms with E-state index in [9.17, 15) is 13.2 Å². The topological polar surface area (TPSA) is 78.0 Å². The molecule has 2 aliphatic heterocycles. The van der Waals surface area contributed by atoms with Crippen molar-refractivity contribution >= 4 is 11.5 Å². The number of rotatable bonds is 6. The number of halogens is 3.